The van der Waals surface area contributed by atoms with E-state index in [2.05, 4.69) is 15.8 Å². The number of rotatable bonds is 8. The predicted octanol–water partition coefficient (Wildman–Crippen LogP) is 2.10. The number of nitrogens with zero attached hydrogens (tertiary/aromatic N) is 1. The van der Waals surface area contributed by atoms with Crippen molar-refractivity contribution in [2.24, 2.45) is 11.0 Å². The molecule has 0 heterocycles. The summed E-state index contributed by atoms with van der Waals surface area (Å²) in [4.78, 5) is 35.0. The standard InChI is InChI=1S/C17H23N3O4/c1-4-24-17(23)12(2)13(3)19-20-16(22)11-10-15(21)18-14-8-6-5-7-9-14/h5-9,12H,4,10-11H2,1-3H3,(H,18,21)(H,20,22)/b19-13-/t12-/m0/s1. The normalized spacial score (nSPS) is 12.2. The highest BCUT2D eigenvalue weighted by molar-refractivity contribution is 6.01. The molecule has 0 spiro atoms. The number of amides is 2. The number of hydrazone groups is 1. The Labute approximate surface area is 141 Å². The van der Waals surface area contributed by atoms with Crippen LogP contribution in [0, 0.1) is 5.92 Å². The van der Waals surface area contributed by atoms with Crippen molar-refractivity contribution in [2.45, 2.75) is 33.6 Å². The van der Waals surface area contributed by atoms with E-state index in [0.717, 1.165) is 0 Å². The van der Waals surface area contributed by atoms with Crippen molar-refractivity contribution < 1.29 is 19.1 Å². The molecule has 0 aliphatic rings. The smallest absolute Gasteiger partial charge is 0.314 e. The largest absolute Gasteiger partial charge is 0.465 e. The highest BCUT2D eigenvalue weighted by atomic mass is 16.5. The Morgan fingerprint density at radius 1 is 1.12 bits per heavy atom. The summed E-state index contributed by atoms with van der Waals surface area (Å²) in [6, 6.07) is 9.00. The minimum atomic E-state index is -0.536. The molecule has 0 saturated heterocycles. The van der Waals surface area contributed by atoms with Crippen LogP contribution < -0.4 is 10.7 Å². The molecule has 7 nitrogen and oxygen atoms in total. The highest BCUT2D eigenvalue weighted by Crippen LogP contribution is 2.06. The summed E-state index contributed by atoms with van der Waals surface area (Å²) in [6.07, 6.45) is 0.0476. The molecule has 24 heavy (non-hydrogen) atoms. The monoisotopic (exact) mass is 333 g/mol. The second-order valence-electron chi connectivity index (χ2n) is 5.18. The first-order valence-electron chi connectivity index (χ1n) is 7.78. The topological polar surface area (TPSA) is 96.9 Å². The number of nitrogens with one attached hydrogen (secondary N) is 2. The van der Waals surface area contributed by atoms with Crippen molar-refractivity contribution in [3.8, 4) is 0 Å². The molecule has 1 aromatic rings. The number of carbonyl (C=O) groups is 3. The van der Waals surface area contributed by atoms with E-state index in [9.17, 15) is 14.4 Å². The molecular weight excluding hydrogens is 310 g/mol. The first-order valence-corrected chi connectivity index (χ1v) is 7.78. The van der Waals surface area contributed by atoms with Gasteiger partial charge in [0.25, 0.3) is 0 Å². The lowest BCUT2D eigenvalue weighted by molar-refractivity contribution is -0.145. The maximum Gasteiger partial charge on any atom is 0.314 e. The number of anilines is 1. The fourth-order valence-electron chi connectivity index (χ4n) is 1.71. The van der Waals surface area contributed by atoms with Gasteiger partial charge in [0, 0.05) is 24.2 Å². The van der Waals surface area contributed by atoms with E-state index >= 15 is 0 Å². The third kappa shape index (κ3) is 7.04. The minimum absolute atomic E-state index is 0.00321. The maximum atomic E-state index is 11.7. The number of para-hydroxylation sites is 1. The van der Waals surface area contributed by atoms with E-state index in [4.69, 9.17) is 4.74 Å². The van der Waals surface area contributed by atoms with Crippen molar-refractivity contribution in [3.05, 3.63) is 30.3 Å². The fourth-order valence-corrected chi connectivity index (χ4v) is 1.71. The summed E-state index contributed by atoms with van der Waals surface area (Å²) in [7, 11) is 0. The average molecular weight is 333 g/mol. The number of carbonyl (C=O) groups excluding carboxylic acids is 3. The second-order valence-corrected chi connectivity index (χ2v) is 5.18. The SMILES string of the molecule is CCOC(=O)[C@@H](C)/C(C)=N\NC(=O)CCC(=O)Nc1ccccc1. The van der Waals surface area contributed by atoms with Crippen LogP contribution in [0.1, 0.15) is 33.6 Å². The fraction of sp³-hybridized carbons (Fsp3) is 0.412. The van der Waals surface area contributed by atoms with Gasteiger partial charge in [-0.25, -0.2) is 5.43 Å². The zero-order valence-electron chi connectivity index (χ0n) is 14.2. The van der Waals surface area contributed by atoms with Crippen molar-refractivity contribution in [1.29, 1.82) is 0 Å². The minimum Gasteiger partial charge on any atom is -0.465 e. The Bertz CT molecular complexity index is 599. The third-order valence-electron chi connectivity index (χ3n) is 3.26. The Hall–Kier alpha value is -2.70. The molecule has 0 unspecified atom stereocenters. The molecule has 0 bridgehead atoms. The molecule has 0 radical (unpaired) electrons. The van der Waals surface area contributed by atoms with Gasteiger partial charge in [0.1, 0.15) is 0 Å². The van der Waals surface area contributed by atoms with E-state index in [0.29, 0.717) is 18.0 Å². The summed E-state index contributed by atoms with van der Waals surface area (Å²) >= 11 is 0. The van der Waals surface area contributed by atoms with Gasteiger partial charge in [-0.15, -0.1) is 0 Å². The van der Waals surface area contributed by atoms with Crippen molar-refractivity contribution in [3.63, 3.8) is 0 Å². The van der Waals surface area contributed by atoms with E-state index in [1.165, 1.54) is 0 Å². The van der Waals surface area contributed by atoms with Crippen LogP contribution in [0.3, 0.4) is 0 Å². The molecule has 0 aromatic heterocycles. The Morgan fingerprint density at radius 3 is 2.38 bits per heavy atom. The molecule has 1 aromatic carbocycles. The van der Waals surface area contributed by atoms with Crippen LogP contribution in [0.25, 0.3) is 0 Å². The van der Waals surface area contributed by atoms with Crippen molar-refractivity contribution >= 4 is 29.2 Å². The van der Waals surface area contributed by atoms with E-state index in [-0.39, 0.29) is 18.7 Å². The maximum absolute atomic E-state index is 11.7. The van der Waals surface area contributed by atoms with E-state index in [1.807, 2.05) is 18.2 Å². The van der Waals surface area contributed by atoms with Gasteiger partial charge in [-0.2, -0.15) is 5.10 Å². The Morgan fingerprint density at radius 2 is 1.75 bits per heavy atom. The summed E-state index contributed by atoms with van der Waals surface area (Å²) in [5.74, 6) is -1.58. The van der Waals surface area contributed by atoms with Crippen LogP contribution in [0.15, 0.2) is 35.4 Å². The molecule has 7 heteroatoms. The number of esters is 1. The van der Waals surface area contributed by atoms with Crippen LogP contribution in [0.4, 0.5) is 5.69 Å². The molecule has 130 valence electrons. The lowest BCUT2D eigenvalue weighted by Crippen LogP contribution is -2.26. The summed E-state index contributed by atoms with van der Waals surface area (Å²) in [5.41, 5.74) is 3.46. The zero-order valence-corrected chi connectivity index (χ0v) is 14.2. The molecule has 1 rings (SSSR count). The molecule has 1 atom stereocenters. The van der Waals surface area contributed by atoms with Gasteiger partial charge in [-0.3, -0.25) is 14.4 Å². The third-order valence-corrected chi connectivity index (χ3v) is 3.26. The number of hydrogen-bond donors (Lipinski definition) is 2. The van der Waals surface area contributed by atoms with Crippen LogP contribution in [-0.2, 0) is 19.1 Å². The lowest BCUT2D eigenvalue weighted by Gasteiger charge is -2.10. The Kier molecular flexibility index (Phi) is 8.18. The quantitative estimate of drug-likeness (QED) is 0.432. The van der Waals surface area contributed by atoms with E-state index < -0.39 is 17.8 Å². The molecule has 2 amide bonds. The molecule has 0 aliphatic carbocycles. The Balaban J connectivity index is 2.36. The van der Waals surface area contributed by atoms with Crippen molar-refractivity contribution in [2.75, 3.05) is 11.9 Å². The number of ether oxygens (including phenoxy) is 1. The van der Waals surface area contributed by atoms with Gasteiger partial charge in [0.05, 0.1) is 12.5 Å². The second kappa shape index (κ2) is 10.1. The first kappa shape index (κ1) is 19.3. The molecule has 0 saturated carbocycles. The zero-order chi connectivity index (χ0) is 17.9. The number of hydrogen-bond acceptors (Lipinski definition) is 5. The predicted molar refractivity (Wildman–Crippen MR) is 91.4 cm³/mol. The van der Waals surface area contributed by atoms with Gasteiger partial charge in [-0.05, 0) is 32.9 Å². The van der Waals surface area contributed by atoms with Crippen LogP contribution in [0.2, 0.25) is 0 Å². The average Bonchev–Trinajstić information content (AvgIpc) is 2.58. The van der Waals surface area contributed by atoms with Crippen LogP contribution >= 0.6 is 0 Å². The van der Waals surface area contributed by atoms with Gasteiger partial charge < -0.3 is 10.1 Å². The molecular formula is C17H23N3O4. The van der Waals surface area contributed by atoms with Gasteiger partial charge in [0.2, 0.25) is 11.8 Å². The number of benzene rings is 1. The van der Waals surface area contributed by atoms with E-state index in [1.54, 1.807) is 32.9 Å². The molecule has 0 aliphatic heterocycles. The van der Waals surface area contributed by atoms with Crippen LogP contribution in [0.5, 0.6) is 0 Å². The van der Waals surface area contributed by atoms with Gasteiger partial charge in [-0.1, -0.05) is 18.2 Å². The summed E-state index contributed by atoms with van der Waals surface area (Å²) in [6.45, 7) is 5.29. The lowest BCUT2D eigenvalue weighted by atomic mass is 10.1. The van der Waals surface area contributed by atoms with Gasteiger partial charge in [0.15, 0.2) is 0 Å². The summed E-state index contributed by atoms with van der Waals surface area (Å²) < 4.78 is 4.88. The van der Waals surface area contributed by atoms with Crippen molar-refractivity contribution in [1.82, 2.24) is 5.43 Å². The highest BCUT2D eigenvalue weighted by Gasteiger charge is 2.17. The molecule has 0 fully saturated rings. The van der Waals surface area contributed by atoms with Crippen LogP contribution in [-0.4, -0.2) is 30.1 Å². The first-order chi connectivity index (χ1) is 11.4. The van der Waals surface area contributed by atoms with Gasteiger partial charge >= 0.3 is 5.97 Å². The molecule has 2 N–H and O–H groups in total. The summed E-state index contributed by atoms with van der Waals surface area (Å²) in [5, 5.41) is 6.57.